The van der Waals surface area contributed by atoms with E-state index in [1.54, 1.807) is 11.3 Å². The number of aromatic nitrogens is 1. The molecule has 0 aromatic carbocycles. The Kier molecular flexibility index (Phi) is 3.21. The number of nitrogens with zero attached hydrogens (tertiary/aromatic N) is 1. The summed E-state index contributed by atoms with van der Waals surface area (Å²) in [5.41, 5.74) is 2.60. The molecule has 2 atom stereocenters. The summed E-state index contributed by atoms with van der Waals surface area (Å²) in [6.07, 6.45) is 1.15. The Labute approximate surface area is 127 Å². The summed E-state index contributed by atoms with van der Waals surface area (Å²) >= 11 is 1.55. The molecule has 4 heterocycles. The summed E-state index contributed by atoms with van der Waals surface area (Å²) < 4.78 is 1.95. The molecule has 4 rings (SSSR count). The van der Waals surface area contributed by atoms with Gasteiger partial charge in [0.05, 0.1) is 12.2 Å². The lowest BCUT2D eigenvalue weighted by atomic mass is 9.83. The predicted molar refractivity (Wildman–Crippen MR) is 83.7 cm³/mol. The van der Waals surface area contributed by atoms with Crippen molar-refractivity contribution in [2.24, 2.45) is 5.92 Å². The minimum absolute atomic E-state index is 0.0654. The number of aliphatic hydroxyl groups is 1. The summed E-state index contributed by atoms with van der Waals surface area (Å²) in [5.74, 6) is 0.943. The zero-order valence-corrected chi connectivity index (χ0v) is 12.5. The summed E-state index contributed by atoms with van der Waals surface area (Å²) in [5, 5.41) is 15.1. The Morgan fingerprint density at radius 2 is 2.33 bits per heavy atom. The molecule has 0 saturated carbocycles. The van der Waals surface area contributed by atoms with Crippen molar-refractivity contribution in [2.45, 2.75) is 25.5 Å². The molecule has 110 valence electrons. The van der Waals surface area contributed by atoms with Crippen LogP contribution in [-0.4, -0.2) is 22.8 Å². The van der Waals surface area contributed by atoms with Crippen LogP contribution in [0.4, 0.5) is 0 Å². The van der Waals surface area contributed by atoms with E-state index in [-0.39, 0.29) is 12.2 Å². The minimum atomic E-state index is -0.0834. The second-order valence-corrected chi connectivity index (χ2v) is 6.93. The number of fused-ring (bicyclic) bond motifs is 4. The molecule has 5 heteroatoms. The SMILES string of the molecule is O=c1c(-c2cccs2)c(CO)cc2n1CC1CNCC2C1. The van der Waals surface area contributed by atoms with Gasteiger partial charge in [0.15, 0.2) is 0 Å². The number of pyridine rings is 1. The van der Waals surface area contributed by atoms with E-state index in [1.165, 1.54) is 0 Å². The topological polar surface area (TPSA) is 54.3 Å². The Morgan fingerprint density at radius 3 is 3.10 bits per heavy atom. The van der Waals surface area contributed by atoms with Gasteiger partial charge in [-0.2, -0.15) is 0 Å². The summed E-state index contributed by atoms with van der Waals surface area (Å²) in [6, 6.07) is 5.95. The Bertz CT molecular complexity index is 721. The zero-order chi connectivity index (χ0) is 14.4. The van der Waals surface area contributed by atoms with Crippen LogP contribution >= 0.6 is 11.3 Å². The van der Waals surface area contributed by atoms with Gasteiger partial charge in [-0.15, -0.1) is 11.3 Å². The van der Waals surface area contributed by atoms with E-state index in [4.69, 9.17) is 0 Å². The molecule has 2 aromatic heterocycles. The first-order chi connectivity index (χ1) is 10.3. The molecule has 0 amide bonds. The molecule has 2 aliphatic rings. The van der Waals surface area contributed by atoms with Gasteiger partial charge in [-0.05, 0) is 42.0 Å². The van der Waals surface area contributed by atoms with E-state index < -0.39 is 0 Å². The molecule has 1 fully saturated rings. The van der Waals surface area contributed by atoms with E-state index in [2.05, 4.69) is 5.32 Å². The highest BCUT2D eigenvalue weighted by Crippen LogP contribution is 2.34. The molecule has 1 saturated heterocycles. The maximum Gasteiger partial charge on any atom is 0.259 e. The molecule has 2 unspecified atom stereocenters. The molecule has 4 nitrogen and oxygen atoms in total. The predicted octanol–water partition coefficient (Wildman–Crippen LogP) is 1.78. The minimum Gasteiger partial charge on any atom is -0.392 e. The van der Waals surface area contributed by atoms with E-state index >= 15 is 0 Å². The van der Waals surface area contributed by atoms with Crippen LogP contribution in [0, 0.1) is 5.92 Å². The summed E-state index contributed by atoms with van der Waals surface area (Å²) in [6.45, 7) is 2.64. The Hall–Kier alpha value is -1.43. The van der Waals surface area contributed by atoms with E-state index in [1.807, 2.05) is 28.1 Å². The lowest BCUT2D eigenvalue weighted by Crippen LogP contribution is -2.45. The number of rotatable bonds is 2. The largest absolute Gasteiger partial charge is 0.392 e. The number of hydrogen-bond acceptors (Lipinski definition) is 4. The number of piperidine rings is 1. The molecule has 2 aromatic rings. The molecule has 0 radical (unpaired) electrons. The van der Waals surface area contributed by atoms with Crippen molar-refractivity contribution < 1.29 is 5.11 Å². The molecular formula is C16H18N2O2S. The number of aliphatic hydroxyl groups excluding tert-OH is 1. The molecule has 2 aliphatic heterocycles. The fourth-order valence-electron chi connectivity index (χ4n) is 3.71. The van der Waals surface area contributed by atoms with Gasteiger partial charge in [0.25, 0.3) is 5.56 Å². The maximum absolute atomic E-state index is 13.0. The summed E-state index contributed by atoms with van der Waals surface area (Å²) in [7, 11) is 0. The van der Waals surface area contributed by atoms with Gasteiger partial charge in [0.2, 0.25) is 0 Å². The lowest BCUT2D eigenvalue weighted by molar-refractivity contribution is 0.253. The van der Waals surface area contributed by atoms with Crippen LogP contribution in [0.15, 0.2) is 28.4 Å². The molecular weight excluding hydrogens is 284 g/mol. The van der Waals surface area contributed by atoms with Gasteiger partial charge < -0.3 is 15.0 Å². The quantitative estimate of drug-likeness (QED) is 0.889. The standard InChI is InChI=1S/C16H18N2O2S/c19-9-12-5-13-11-4-10(6-17-7-11)8-18(13)16(20)15(12)14-2-1-3-21-14/h1-3,5,10-11,17,19H,4,6-9H2. The highest BCUT2D eigenvalue weighted by molar-refractivity contribution is 7.13. The van der Waals surface area contributed by atoms with Gasteiger partial charge in [-0.3, -0.25) is 4.79 Å². The average Bonchev–Trinajstić information content (AvgIpc) is 3.02. The van der Waals surface area contributed by atoms with Crippen LogP contribution < -0.4 is 10.9 Å². The normalized spacial score (nSPS) is 23.9. The molecule has 0 spiro atoms. The molecule has 2 bridgehead atoms. The fourth-order valence-corrected chi connectivity index (χ4v) is 4.50. The van der Waals surface area contributed by atoms with Crippen LogP contribution in [0.1, 0.15) is 23.6 Å². The van der Waals surface area contributed by atoms with Crippen molar-refractivity contribution in [2.75, 3.05) is 13.1 Å². The first-order valence-corrected chi connectivity index (χ1v) is 8.28. The number of nitrogens with one attached hydrogen (secondary N) is 1. The fraction of sp³-hybridized carbons (Fsp3) is 0.438. The second kappa shape index (κ2) is 5.09. The second-order valence-electron chi connectivity index (χ2n) is 5.98. The number of thiophene rings is 1. The van der Waals surface area contributed by atoms with Crippen LogP contribution in [0.25, 0.3) is 10.4 Å². The highest BCUT2D eigenvalue weighted by atomic mass is 32.1. The van der Waals surface area contributed by atoms with Gasteiger partial charge in [0, 0.05) is 29.6 Å². The van der Waals surface area contributed by atoms with E-state index in [0.717, 1.165) is 42.2 Å². The third kappa shape index (κ3) is 2.08. The third-order valence-corrected chi connectivity index (χ3v) is 5.54. The van der Waals surface area contributed by atoms with Crippen molar-refractivity contribution in [1.29, 1.82) is 0 Å². The van der Waals surface area contributed by atoms with Gasteiger partial charge in [-0.25, -0.2) is 0 Å². The van der Waals surface area contributed by atoms with Crippen LogP contribution in [0.3, 0.4) is 0 Å². The number of hydrogen-bond donors (Lipinski definition) is 2. The Balaban J connectivity index is 1.95. The van der Waals surface area contributed by atoms with Gasteiger partial charge in [-0.1, -0.05) is 6.07 Å². The van der Waals surface area contributed by atoms with Crippen molar-refractivity contribution in [3.8, 4) is 10.4 Å². The van der Waals surface area contributed by atoms with Crippen molar-refractivity contribution in [3.63, 3.8) is 0 Å². The highest BCUT2D eigenvalue weighted by Gasteiger charge is 2.32. The van der Waals surface area contributed by atoms with Crippen molar-refractivity contribution in [3.05, 3.63) is 45.2 Å². The van der Waals surface area contributed by atoms with Gasteiger partial charge in [0.1, 0.15) is 0 Å². The van der Waals surface area contributed by atoms with Crippen molar-refractivity contribution in [1.82, 2.24) is 9.88 Å². The first kappa shape index (κ1) is 13.2. The molecule has 2 N–H and O–H groups in total. The van der Waals surface area contributed by atoms with E-state index in [9.17, 15) is 9.90 Å². The van der Waals surface area contributed by atoms with E-state index in [0.29, 0.717) is 17.4 Å². The summed E-state index contributed by atoms with van der Waals surface area (Å²) in [4.78, 5) is 13.9. The Morgan fingerprint density at radius 1 is 1.43 bits per heavy atom. The monoisotopic (exact) mass is 302 g/mol. The average molecular weight is 302 g/mol. The first-order valence-electron chi connectivity index (χ1n) is 7.40. The molecule has 0 aliphatic carbocycles. The molecule has 21 heavy (non-hydrogen) atoms. The lowest BCUT2D eigenvalue weighted by Gasteiger charge is -2.38. The van der Waals surface area contributed by atoms with Crippen LogP contribution in [0.5, 0.6) is 0 Å². The van der Waals surface area contributed by atoms with Crippen molar-refractivity contribution >= 4 is 11.3 Å². The maximum atomic E-state index is 13.0. The van der Waals surface area contributed by atoms with Crippen LogP contribution in [-0.2, 0) is 13.2 Å². The smallest absolute Gasteiger partial charge is 0.259 e. The zero-order valence-electron chi connectivity index (χ0n) is 11.7. The van der Waals surface area contributed by atoms with Gasteiger partial charge >= 0.3 is 0 Å². The van der Waals surface area contributed by atoms with Crippen LogP contribution in [0.2, 0.25) is 0 Å². The third-order valence-electron chi connectivity index (χ3n) is 4.65.